The van der Waals surface area contributed by atoms with Crippen molar-refractivity contribution in [3.63, 3.8) is 0 Å². The van der Waals surface area contributed by atoms with Crippen molar-refractivity contribution >= 4 is 6.21 Å². The van der Waals surface area contributed by atoms with Crippen LogP contribution in [0.25, 0.3) is 0 Å². The maximum atomic E-state index is 4.51. The Morgan fingerprint density at radius 3 is 3.18 bits per heavy atom. The quantitative estimate of drug-likeness (QED) is 0.719. The van der Waals surface area contributed by atoms with E-state index in [2.05, 4.69) is 40.8 Å². The van der Waals surface area contributed by atoms with Gasteiger partial charge >= 0.3 is 0 Å². The standard InChI is InChI=1S/C15H16N2/c1-2-4-11-10(3-1)5-6-13-15(11)12-7-8-16-14(12)9-17-13/h1-4,8,13,15,17H,5-7,9H2/t13?,15-/m0/s1. The topological polar surface area (TPSA) is 24.4 Å². The molecule has 4 rings (SSSR count). The van der Waals surface area contributed by atoms with E-state index in [0.29, 0.717) is 12.0 Å². The van der Waals surface area contributed by atoms with Crippen LogP contribution in [0, 0.1) is 0 Å². The number of rotatable bonds is 0. The number of hydrogen-bond acceptors (Lipinski definition) is 2. The number of fused-ring (bicyclic) bond motifs is 4. The molecule has 0 bridgehead atoms. The van der Waals surface area contributed by atoms with Crippen LogP contribution >= 0.6 is 0 Å². The fourth-order valence-corrected chi connectivity index (χ4v) is 3.56. The van der Waals surface area contributed by atoms with Crippen LogP contribution < -0.4 is 5.32 Å². The molecule has 0 amide bonds. The van der Waals surface area contributed by atoms with E-state index in [9.17, 15) is 0 Å². The first-order valence-corrected chi connectivity index (χ1v) is 6.49. The van der Waals surface area contributed by atoms with E-state index >= 15 is 0 Å². The normalized spacial score (nSPS) is 29.9. The molecule has 3 aliphatic rings. The summed E-state index contributed by atoms with van der Waals surface area (Å²) in [5.41, 5.74) is 5.94. The Kier molecular flexibility index (Phi) is 2.00. The lowest BCUT2D eigenvalue weighted by molar-refractivity contribution is 0.405. The van der Waals surface area contributed by atoms with Gasteiger partial charge in [-0.3, -0.25) is 4.99 Å². The van der Waals surface area contributed by atoms with Crippen LogP contribution in [-0.4, -0.2) is 18.8 Å². The summed E-state index contributed by atoms with van der Waals surface area (Å²) in [6.45, 7) is 0.967. The Bertz CT molecular complexity index is 527. The summed E-state index contributed by atoms with van der Waals surface area (Å²) < 4.78 is 0. The molecular formula is C15H16N2. The molecule has 1 aliphatic carbocycles. The average Bonchev–Trinajstić information content (AvgIpc) is 2.86. The van der Waals surface area contributed by atoms with Gasteiger partial charge in [0.05, 0.1) is 5.70 Å². The van der Waals surface area contributed by atoms with E-state index in [-0.39, 0.29) is 0 Å². The van der Waals surface area contributed by atoms with E-state index in [1.807, 2.05) is 0 Å². The van der Waals surface area contributed by atoms with Crippen molar-refractivity contribution in [3.8, 4) is 0 Å². The van der Waals surface area contributed by atoms with E-state index < -0.39 is 0 Å². The zero-order valence-electron chi connectivity index (χ0n) is 9.82. The molecule has 0 aromatic heterocycles. The lowest BCUT2D eigenvalue weighted by Gasteiger charge is -2.38. The summed E-state index contributed by atoms with van der Waals surface area (Å²) in [6.07, 6.45) is 5.62. The Morgan fingerprint density at radius 1 is 1.24 bits per heavy atom. The second-order valence-corrected chi connectivity index (χ2v) is 5.19. The van der Waals surface area contributed by atoms with Gasteiger partial charge in [-0.1, -0.05) is 24.3 Å². The largest absolute Gasteiger partial charge is 0.307 e. The van der Waals surface area contributed by atoms with Gasteiger partial charge in [0, 0.05) is 31.1 Å². The fraction of sp³-hybridized carbons (Fsp3) is 0.400. The first kappa shape index (κ1) is 9.60. The summed E-state index contributed by atoms with van der Waals surface area (Å²) in [4.78, 5) is 4.51. The van der Waals surface area contributed by atoms with Gasteiger partial charge in [0.15, 0.2) is 0 Å². The third-order valence-corrected chi connectivity index (χ3v) is 4.35. The Labute approximate surface area is 101 Å². The molecule has 0 radical (unpaired) electrons. The van der Waals surface area contributed by atoms with Gasteiger partial charge < -0.3 is 5.32 Å². The van der Waals surface area contributed by atoms with Gasteiger partial charge in [0.25, 0.3) is 0 Å². The Balaban J connectivity index is 1.86. The zero-order valence-corrected chi connectivity index (χ0v) is 9.82. The molecule has 2 heteroatoms. The van der Waals surface area contributed by atoms with E-state index in [0.717, 1.165) is 13.0 Å². The number of aliphatic imine (C=N–C) groups is 1. The number of hydrogen-bond donors (Lipinski definition) is 1. The van der Waals surface area contributed by atoms with Crippen LogP contribution in [0.2, 0.25) is 0 Å². The van der Waals surface area contributed by atoms with Gasteiger partial charge in [0.1, 0.15) is 0 Å². The molecule has 1 N–H and O–H groups in total. The second kappa shape index (κ2) is 3.54. The zero-order chi connectivity index (χ0) is 11.2. The van der Waals surface area contributed by atoms with Crippen molar-refractivity contribution in [2.24, 2.45) is 4.99 Å². The molecule has 0 saturated carbocycles. The predicted octanol–water partition coefficient (Wildman–Crippen LogP) is 2.42. The van der Waals surface area contributed by atoms with Crippen molar-refractivity contribution < 1.29 is 0 Å². The highest BCUT2D eigenvalue weighted by Gasteiger charge is 2.36. The Morgan fingerprint density at radius 2 is 2.18 bits per heavy atom. The molecule has 2 heterocycles. The summed E-state index contributed by atoms with van der Waals surface area (Å²) in [5.74, 6) is 0.575. The summed E-state index contributed by atoms with van der Waals surface area (Å²) in [6, 6.07) is 9.56. The van der Waals surface area contributed by atoms with Gasteiger partial charge in [-0.05, 0) is 29.5 Å². The molecule has 1 aromatic carbocycles. The molecule has 17 heavy (non-hydrogen) atoms. The van der Waals surface area contributed by atoms with Gasteiger partial charge in [-0.15, -0.1) is 0 Å². The summed E-state index contributed by atoms with van der Waals surface area (Å²) >= 11 is 0. The average molecular weight is 224 g/mol. The highest BCUT2D eigenvalue weighted by molar-refractivity contribution is 5.69. The summed E-state index contributed by atoms with van der Waals surface area (Å²) in [5, 5.41) is 3.66. The van der Waals surface area contributed by atoms with E-state index in [4.69, 9.17) is 0 Å². The van der Waals surface area contributed by atoms with Crippen molar-refractivity contribution in [1.82, 2.24) is 5.32 Å². The number of aryl methyl sites for hydroxylation is 1. The lowest BCUT2D eigenvalue weighted by Crippen LogP contribution is -2.43. The van der Waals surface area contributed by atoms with Gasteiger partial charge in [-0.2, -0.15) is 0 Å². The predicted molar refractivity (Wildman–Crippen MR) is 69.4 cm³/mol. The van der Waals surface area contributed by atoms with Crippen LogP contribution in [0.5, 0.6) is 0 Å². The minimum Gasteiger partial charge on any atom is -0.307 e. The fourth-order valence-electron chi connectivity index (χ4n) is 3.56. The SMILES string of the molecule is C1=NC2=C(C1)[C@@H]1c3ccccc3CCC1NC2. The molecule has 0 saturated heterocycles. The first-order valence-electron chi connectivity index (χ1n) is 6.49. The third-order valence-electron chi connectivity index (χ3n) is 4.35. The molecule has 1 aromatic rings. The molecule has 86 valence electrons. The van der Waals surface area contributed by atoms with E-state index in [1.54, 1.807) is 5.57 Å². The smallest absolute Gasteiger partial charge is 0.0540 e. The van der Waals surface area contributed by atoms with Crippen LogP contribution in [-0.2, 0) is 6.42 Å². The molecule has 0 spiro atoms. The molecule has 0 fully saturated rings. The molecule has 2 aliphatic heterocycles. The number of nitrogens with zero attached hydrogens (tertiary/aromatic N) is 1. The van der Waals surface area contributed by atoms with Crippen LogP contribution in [0.3, 0.4) is 0 Å². The van der Waals surface area contributed by atoms with Crippen molar-refractivity contribution in [1.29, 1.82) is 0 Å². The van der Waals surface area contributed by atoms with E-state index in [1.165, 1.54) is 29.7 Å². The number of benzene rings is 1. The molecule has 1 unspecified atom stereocenters. The van der Waals surface area contributed by atoms with Crippen LogP contribution in [0.1, 0.15) is 29.9 Å². The summed E-state index contributed by atoms with van der Waals surface area (Å²) in [7, 11) is 0. The number of nitrogens with one attached hydrogen (secondary N) is 1. The minimum absolute atomic E-state index is 0.575. The minimum atomic E-state index is 0.575. The third kappa shape index (κ3) is 1.34. The van der Waals surface area contributed by atoms with Crippen LogP contribution in [0.4, 0.5) is 0 Å². The highest BCUT2D eigenvalue weighted by atomic mass is 15.0. The highest BCUT2D eigenvalue weighted by Crippen LogP contribution is 2.42. The maximum absolute atomic E-state index is 4.51. The maximum Gasteiger partial charge on any atom is 0.0540 e. The van der Waals surface area contributed by atoms with Gasteiger partial charge in [0.2, 0.25) is 0 Å². The molecular weight excluding hydrogens is 208 g/mol. The first-order chi connectivity index (χ1) is 8.43. The monoisotopic (exact) mass is 224 g/mol. The van der Waals surface area contributed by atoms with Crippen molar-refractivity contribution in [2.75, 3.05) is 6.54 Å². The van der Waals surface area contributed by atoms with Gasteiger partial charge in [-0.25, -0.2) is 0 Å². The second-order valence-electron chi connectivity index (χ2n) is 5.19. The molecule has 2 atom stereocenters. The van der Waals surface area contributed by atoms with Crippen molar-refractivity contribution in [3.05, 3.63) is 46.7 Å². The van der Waals surface area contributed by atoms with Crippen LogP contribution in [0.15, 0.2) is 40.5 Å². The lowest BCUT2D eigenvalue weighted by atomic mass is 9.73. The van der Waals surface area contributed by atoms with Crippen molar-refractivity contribution in [2.45, 2.75) is 31.2 Å². The Hall–Kier alpha value is -1.41. The molecule has 2 nitrogen and oxygen atoms in total.